The average molecular weight is 199 g/mol. The summed E-state index contributed by atoms with van der Waals surface area (Å²) in [7, 11) is 1.49. The Kier molecular flexibility index (Phi) is 3.08. The van der Waals surface area contributed by atoms with Gasteiger partial charge in [-0.1, -0.05) is 0 Å². The third kappa shape index (κ3) is 2.02. The maximum absolute atomic E-state index is 13.3. The van der Waals surface area contributed by atoms with Gasteiger partial charge in [0.1, 0.15) is 11.6 Å². The minimum atomic E-state index is -1.08. The molecule has 0 aliphatic heterocycles. The van der Waals surface area contributed by atoms with E-state index in [0.29, 0.717) is 5.75 Å². The van der Waals surface area contributed by atoms with Gasteiger partial charge in [-0.2, -0.15) is 0 Å². The molecule has 0 aliphatic carbocycles. The molecule has 1 rings (SSSR count). The van der Waals surface area contributed by atoms with Gasteiger partial charge in [-0.15, -0.1) is 0 Å². The van der Waals surface area contributed by atoms with E-state index in [-0.39, 0.29) is 12.2 Å². The van der Waals surface area contributed by atoms with Crippen molar-refractivity contribution in [2.45, 2.75) is 12.5 Å². The third-order valence-corrected chi connectivity index (χ3v) is 2.12. The second kappa shape index (κ2) is 3.94. The van der Waals surface area contributed by atoms with Crippen LogP contribution in [0.3, 0.4) is 0 Å². The highest BCUT2D eigenvalue weighted by Crippen LogP contribution is 2.24. The molecule has 1 aromatic carbocycles. The van der Waals surface area contributed by atoms with Crippen LogP contribution in [-0.4, -0.2) is 18.8 Å². The predicted octanol–water partition coefficient (Wildman–Crippen LogP) is 1.00. The van der Waals surface area contributed by atoms with Gasteiger partial charge in [0.15, 0.2) is 0 Å². The molecule has 0 fully saturated rings. The van der Waals surface area contributed by atoms with E-state index in [1.807, 2.05) is 0 Å². The topological polar surface area (TPSA) is 55.5 Å². The first-order valence-electron chi connectivity index (χ1n) is 4.25. The summed E-state index contributed by atoms with van der Waals surface area (Å²) in [5, 5.41) is 9.00. The number of ether oxygens (including phenoxy) is 1. The van der Waals surface area contributed by atoms with Gasteiger partial charge in [-0.3, -0.25) is 0 Å². The lowest BCUT2D eigenvalue weighted by Crippen LogP contribution is -2.37. The number of nitrogens with two attached hydrogens (primary N) is 1. The van der Waals surface area contributed by atoms with Crippen molar-refractivity contribution in [2.75, 3.05) is 13.7 Å². The Morgan fingerprint density at radius 2 is 2.21 bits per heavy atom. The van der Waals surface area contributed by atoms with Gasteiger partial charge < -0.3 is 15.6 Å². The summed E-state index contributed by atoms with van der Waals surface area (Å²) in [6.45, 7) is 1.24. The zero-order valence-electron chi connectivity index (χ0n) is 8.25. The molecule has 3 nitrogen and oxygen atoms in total. The van der Waals surface area contributed by atoms with Gasteiger partial charge in [0.25, 0.3) is 0 Å². The summed E-state index contributed by atoms with van der Waals surface area (Å²) < 4.78 is 18.3. The molecule has 0 bridgehead atoms. The smallest absolute Gasteiger partial charge is 0.128 e. The number of benzene rings is 1. The Labute approximate surface area is 82.3 Å². The van der Waals surface area contributed by atoms with Gasteiger partial charge >= 0.3 is 0 Å². The average Bonchev–Trinajstić information content (AvgIpc) is 2.18. The maximum Gasteiger partial charge on any atom is 0.128 e. The van der Waals surface area contributed by atoms with Crippen LogP contribution >= 0.6 is 0 Å². The third-order valence-electron chi connectivity index (χ3n) is 2.12. The van der Waals surface area contributed by atoms with E-state index in [1.54, 1.807) is 6.92 Å². The fraction of sp³-hybridized carbons (Fsp3) is 0.400. The standard InChI is InChI=1S/C10H14FNO2/c1-10(12,6-13)8-5-7(14-2)3-4-9(8)11/h3-5,13H,6,12H2,1-2H3. The van der Waals surface area contributed by atoms with E-state index >= 15 is 0 Å². The van der Waals surface area contributed by atoms with Crippen molar-refractivity contribution in [1.29, 1.82) is 0 Å². The normalized spacial score (nSPS) is 14.9. The first-order valence-corrected chi connectivity index (χ1v) is 4.25. The molecule has 1 atom stereocenters. The van der Waals surface area contributed by atoms with Gasteiger partial charge in [-0.25, -0.2) is 4.39 Å². The zero-order valence-corrected chi connectivity index (χ0v) is 8.25. The fourth-order valence-corrected chi connectivity index (χ4v) is 1.15. The van der Waals surface area contributed by atoms with Crippen LogP contribution < -0.4 is 10.5 Å². The van der Waals surface area contributed by atoms with Crippen LogP contribution in [0.1, 0.15) is 12.5 Å². The van der Waals surface area contributed by atoms with Crippen molar-refractivity contribution in [3.63, 3.8) is 0 Å². The second-order valence-corrected chi connectivity index (χ2v) is 3.42. The van der Waals surface area contributed by atoms with Gasteiger partial charge in [0.05, 0.1) is 19.3 Å². The summed E-state index contributed by atoms with van der Waals surface area (Å²) in [5.41, 5.74) is 4.88. The minimum absolute atomic E-state index is 0.249. The molecule has 0 saturated carbocycles. The number of methoxy groups -OCH3 is 1. The van der Waals surface area contributed by atoms with Crippen molar-refractivity contribution in [1.82, 2.24) is 0 Å². The first-order chi connectivity index (χ1) is 6.51. The minimum Gasteiger partial charge on any atom is -0.497 e. The van der Waals surface area contributed by atoms with Gasteiger partial charge in [0, 0.05) is 5.56 Å². The quantitative estimate of drug-likeness (QED) is 0.763. The number of hydrogen-bond donors (Lipinski definition) is 2. The van der Waals surface area contributed by atoms with Crippen LogP contribution in [0, 0.1) is 5.82 Å². The van der Waals surface area contributed by atoms with E-state index in [9.17, 15) is 4.39 Å². The van der Waals surface area contributed by atoms with Crippen LogP contribution in [0.2, 0.25) is 0 Å². The van der Waals surface area contributed by atoms with E-state index in [0.717, 1.165) is 0 Å². The van der Waals surface area contributed by atoms with Crippen molar-refractivity contribution in [3.05, 3.63) is 29.6 Å². The van der Waals surface area contributed by atoms with Gasteiger partial charge in [0.2, 0.25) is 0 Å². The molecule has 0 radical (unpaired) electrons. The second-order valence-electron chi connectivity index (χ2n) is 3.42. The lowest BCUT2D eigenvalue weighted by atomic mass is 9.93. The number of aliphatic hydroxyl groups is 1. The number of aliphatic hydroxyl groups excluding tert-OH is 1. The molecule has 0 heterocycles. The lowest BCUT2D eigenvalue weighted by Gasteiger charge is -2.23. The Morgan fingerprint density at radius 1 is 1.57 bits per heavy atom. The number of rotatable bonds is 3. The molecule has 0 spiro atoms. The zero-order chi connectivity index (χ0) is 10.8. The highest BCUT2D eigenvalue weighted by molar-refractivity contribution is 5.34. The summed E-state index contributed by atoms with van der Waals surface area (Å²) in [4.78, 5) is 0. The molecule has 14 heavy (non-hydrogen) atoms. The van der Waals surface area contributed by atoms with E-state index < -0.39 is 11.4 Å². The van der Waals surface area contributed by atoms with E-state index in [2.05, 4.69) is 0 Å². The van der Waals surface area contributed by atoms with Gasteiger partial charge in [-0.05, 0) is 25.1 Å². The van der Waals surface area contributed by atoms with Crippen LogP contribution in [0.15, 0.2) is 18.2 Å². The summed E-state index contributed by atoms with van der Waals surface area (Å²) in [6, 6.07) is 4.27. The Hall–Kier alpha value is -1.13. The van der Waals surface area contributed by atoms with E-state index in [4.69, 9.17) is 15.6 Å². The largest absolute Gasteiger partial charge is 0.497 e. The maximum atomic E-state index is 13.3. The van der Waals surface area contributed by atoms with Crippen molar-refractivity contribution in [2.24, 2.45) is 5.73 Å². The predicted molar refractivity (Wildman–Crippen MR) is 51.6 cm³/mol. The van der Waals surface area contributed by atoms with E-state index in [1.165, 1.54) is 25.3 Å². The molecule has 0 amide bonds. The summed E-state index contributed by atoms with van der Waals surface area (Å²) in [6.07, 6.45) is 0. The van der Waals surface area contributed by atoms with Crippen molar-refractivity contribution < 1.29 is 14.2 Å². The lowest BCUT2D eigenvalue weighted by molar-refractivity contribution is 0.206. The molecule has 78 valence electrons. The number of hydrogen-bond acceptors (Lipinski definition) is 3. The molecule has 0 saturated heterocycles. The number of halogens is 1. The van der Waals surface area contributed by atoms with Crippen LogP contribution in [-0.2, 0) is 5.54 Å². The molecule has 1 unspecified atom stereocenters. The summed E-state index contributed by atoms with van der Waals surface area (Å²) in [5.74, 6) is 0.0800. The van der Waals surface area contributed by atoms with Crippen LogP contribution in [0.25, 0.3) is 0 Å². The Balaban J connectivity index is 3.18. The highest BCUT2D eigenvalue weighted by Gasteiger charge is 2.24. The SMILES string of the molecule is COc1ccc(F)c(C(C)(N)CO)c1. The molecular formula is C10H14FNO2. The first kappa shape index (κ1) is 10.9. The molecule has 0 aromatic heterocycles. The van der Waals surface area contributed by atoms with Crippen LogP contribution in [0.4, 0.5) is 4.39 Å². The molecule has 4 heteroatoms. The van der Waals surface area contributed by atoms with Crippen molar-refractivity contribution in [3.8, 4) is 5.75 Å². The monoisotopic (exact) mass is 199 g/mol. The molecular weight excluding hydrogens is 185 g/mol. The fourth-order valence-electron chi connectivity index (χ4n) is 1.15. The summed E-state index contributed by atoms with van der Waals surface area (Å²) >= 11 is 0. The Bertz CT molecular complexity index is 326. The molecule has 3 N–H and O–H groups in total. The highest BCUT2D eigenvalue weighted by atomic mass is 19.1. The van der Waals surface area contributed by atoms with Crippen molar-refractivity contribution >= 4 is 0 Å². The molecule has 0 aliphatic rings. The molecule has 1 aromatic rings. The Morgan fingerprint density at radius 3 is 2.71 bits per heavy atom. The van der Waals surface area contributed by atoms with Crippen LogP contribution in [0.5, 0.6) is 5.75 Å².